The SMILES string of the molecule is CN(c1ncc([N+](=O)[O-])cc1C#N)C1CCCNCC1. The summed E-state index contributed by atoms with van der Waals surface area (Å²) < 4.78 is 0. The van der Waals surface area contributed by atoms with Crippen molar-refractivity contribution in [3.05, 3.63) is 27.9 Å². The van der Waals surface area contributed by atoms with Gasteiger partial charge in [0.05, 0.1) is 4.92 Å². The molecule has 1 saturated heterocycles. The number of nitriles is 1. The molecule has 1 aromatic rings. The largest absolute Gasteiger partial charge is 0.356 e. The lowest BCUT2D eigenvalue weighted by molar-refractivity contribution is -0.385. The topological polar surface area (TPSA) is 95.1 Å². The van der Waals surface area contributed by atoms with Gasteiger partial charge in [-0.3, -0.25) is 10.1 Å². The summed E-state index contributed by atoms with van der Waals surface area (Å²) in [5, 5.41) is 23.2. The molecule has 0 bridgehead atoms. The van der Waals surface area contributed by atoms with E-state index >= 15 is 0 Å². The number of pyridine rings is 1. The summed E-state index contributed by atoms with van der Waals surface area (Å²) in [5.41, 5.74) is 0.0974. The van der Waals surface area contributed by atoms with Crippen LogP contribution in [0.5, 0.6) is 0 Å². The normalized spacial score (nSPS) is 18.9. The quantitative estimate of drug-likeness (QED) is 0.662. The standard InChI is InChI=1S/C13H17N5O2/c1-17(11-3-2-5-15-6-4-11)13-10(8-14)7-12(9-16-13)18(19)20/h7,9,11,15H,2-6H2,1H3. The van der Waals surface area contributed by atoms with E-state index in [2.05, 4.69) is 10.3 Å². The van der Waals surface area contributed by atoms with Crippen molar-refractivity contribution in [1.82, 2.24) is 10.3 Å². The summed E-state index contributed by atoms with van der Waals surface area (Å²) >= 11 is 0. The molecule has 0 spiro atoms. The third kappa shape index (κ3) is 3.03. The number of nitrogens with zero attached hydrogens (tertiary/aromatic N) is 4. The summed E-state index contributed by atoms with van der Waals surface area (Å²) in [6.07, 6.45) is 4.28. The third-order valence-electron chi connectivity index (χ3n) is 3.61. The zero-order valence-electron chi connectivity index (χ0n) is 11.4. The molecule has 0 radical (unpaired) electrons. The van der Waals surface area contributed by atoms with Gasteiger partial charge in [-0.25, -0.2) is 4.98 Å². The van der Waals surface area contributed by atoms with E-state index in [0.29, 0.717) is 11.9 Å². The second kappa shape index (κ2) is 6.30. The summed E-state index contributed by atoms with van der Waals surface area (Å²) in [5.74, 6) is 0.519. The maximum absolute atomic E-state index is 10.7. The van der Waals surface area contributed by atoms with Gasteiger partial charge in [-0.1, -0.05) is 0 Å². The van der Waals surface area contributed by atoms with Crippen molar-refractivity contribution in [1.29, 1.82) is 5.26 Å². The molecular formula is C13H17N5O2. The predicted molar refractivity (Wildman–Crippen MR) is 74.5 cm³/mol. The molecule has 0 aliphatic carbocycles. The van der Waals surface area contributed by atoms with Gasteiger partial charge in [0, 0.05) is 19.2 Å². The average molecular weight is 275 g/mol. The molecule has 0 amide bonds. The molecule has 1 unspecified atom stereocenters. The Labute approximate surface area is 117 Å². The Kier molecular flexibility index (Phi) is 4.48. The van der Waals surface area contributed by atoms with Gasteiger partial charge in [0.2, 0.25) is 0 Å². The first-order valence-electron chi connectivity index (χ1n) is 6.61. The highest BCUT2D eigenvalue weighted by atomic mass is 16.6. The molecule has 0 aromatic carbocycles. The van der Waals surface area contributed by atoms with E-state index in [4.69, 9.17) is 0 Å². The van der Waals surface area contributed by atoms with Crippen molar-refractivity contribution < 1.29 is 4.92 Å². The molecule has 1 fully saturated rings. The Morgan fingerprint density at radius 1 is 1.55 bits per heavy atom. The first-order chi connectivity index (χ1) is 9.63. The Balaban J connectivity index is 2.26. The fourth-order valence-electron chi connectivity index (χ4n) is 2.47. The highest BCUT2D eigenvalue weighted by Crippen LogP contribution is 2.25. The van der Waals surface area contributed by atoms with Crippen LogP contribution in [0.15, 0.2) is 12.3 Å². The molecule has 106 valence electrons. The molecule has 20 heavy (non-hydrogen) atoms. The maximum Gasteiger partial charge on any atom is 0.289 e. The number of nitrogens with one attached hydrogen (secondary N) is 1. The smallest absolute Gasteiger partial charge is 0.289 e. The lowest BCUT2D eigenvalue weighted by Gasteiger charge is -2.28. The van der Waals surface area contributed by atoms with Crippen LogP contribution < -0.4 is 10.2 Å². The Morgan fingerprint density at radius 2 is 2.35 bits per heavy atom. The van der Waals surface area contributed by atoms with Gasteiger partial charge in [0.15, 0.2) is 0 Å². The van der Waals surface area contributed by atoms with Crippen LogP contribution in [0.25, 0.3) is 0 Å². The number of hydrogen-bond donors (Lipinski definition) is 1. The number of aromatic nitrogens is 1. The van der Waals surface area contributed by atoms with Gasteiger partial charge in [-0.05, 0) is 32.4 Å². The number of hydrogen-bond acceptors (Lipinski definition) is 6. The van der Waals surface area contributed by atoms with Crippen LogP contribution in [0.3, 0.4) is 0 Å². The van der Waals surface area contributed by atoms with E-state index in [1.807, 2.05) is 18.0 Å². The molecule has 1 N–H and O–H groups in total. The lowest BCUT2D eigenvalue weighted by atomic mass is 10.1. The molecule has 0 saturated carbocycles. The zero-order valence-corrected chi connectivity index (χ0v) is 11.4. The van der Waals surface area contributed by atoms with E-state index < -0.39 is 4.92 Å². The molecule has 7 heteroatoms. The highest BCUT2D eigenvalue weighted by Gasteiger charge is 2.22. The van der Waals surface area contributed by atoms with E-state index in [9.17, 15) is 15.4 Å². The average Bonchev–Trinajstić information content (AvgIpc) is 2.74. The minimum atomic E-state index is -0.535. The van der Waals surface area contributed by atoms with Crippen LogP contribution in [0, 0.1) is 21.4 Å². The first-order valence-corrected chi connectivity index (χ1v) is 6.61. The fraction of sp³-hybridized carbons (Fsp3) is 0.538. The molecule has 1 aliphatic rings. The van der Waals surface area contributed by atoms with Gasteiger partial charge in [0.1, 0.15) is 23.6 Å². The van der Waals surface area contributed by atoms with Gasteiger partial charge in [-0.2, -0.15) is 5.26 Å². The summed E-state index contributed by atoms with van der Waals surface area (Å²) in [4.78, 5) is 16.3. The fourth-order valence-corrected chi connectivity index (χ4v) is 2.47. The van der Waals surface area contributed by atoms with Crippen molar-refractivity contribution >= 4 is 11.5 Å². The highest BCUT2D eigenvalue weighted by molar-refractivity contribution is 5.57. The molecule has 2 heterocycles. The van der Waals surface area contributed by atoms with Gasteiger partial charge >= 0.3 is 0 Å². The second-order valence-corrected chi connectivity index (χ2v) is 4.88. The van der Waals surface area contributed by atoms with Crippen LogP contribution in [0.4, 0.5) is 11.5 Å². The van der Waals surface area contributed by atoms with Crippen LogP contribution >= 0.6 is 0 Å². The van der Waals surface area contributed by atoms with Crippen molar-refractivity contribution in [2.75, 3.05) is 25.0 Å². The van der Waals surface area contributed by atoms with Crippen LogP contribution in [-0.2, 0) is 0 Å². The first kappa shape index (κ1) is 14.2. The van der Waals surface area contributed by atoms with Crippen molar-refractivity contribution in [3.8, 4) is 6.07 Å². The minimum absolute atomic E-state index is 0.152. The van der Waals surface area contributed by atoms with Crippen LogP contribution in [0.1, 0.15) is 24.8 Å². The van der Waals surface area contributed by atoms with Gasteiger partial charge in [0.25, 0.3) is 5.69 Å². The Bertz CT molecular complexity index is 532. The van der Waals surface area contributed by atoms with Gasteiger partial charge < -0.3 is 10.2 Å². The zero-order chi connectivity index (χ0) is 14.5. The predicted octanol–water partition coefficient (Wildman–Crippen LogP) is 1.44. The Morgan fingerprint density at radius 3 is 3.05 bits per heavy atom. The monoisotopic (exact) mass is 275 g/mol. The van der Waals surface area contributed by atoms with E-state index in [0.717, 1.165) is 32.4 Å². The van der Waals surface area contributed by atoms with E-state index in [-0.39, 0.29) is 11.3 Å². The number of rotatable bonds is 3. The molecule has 1 aromatic heterocycles. The van der Waals surface area contributed by atoms with E-state index in [1.165, 1.54) is 12.3 Å². The molecule has 7 nitrogen and oxygen atoms in total. The maximum atomic E-state index is 10.7. The van der Waals surface area contributed by atoms with Gasteiger partial charge in [-0.15, -0.1) is 0 Å². The summed E-state index contributed by atoms with van der Waals surface area (Å²) in [6.45, 7) is 1.94. The third-order valence-corrected chi connectivity index (χ3v) is 3.61. The number of nitro groups is 1. The molecular weight excluding hydrogens is 258 g/mol. The second-order valence-electron chi connectivity index (χ2n) is 4.88. The van der Waals surface area contributed by atoms with Crippen molar-refractivity contribution in [3.63, 3.8) is 0 Å². The lowest BCUT2D eigenvalue weighted by Crippen LogP contribution is -2.33. The molecule has 1 atom stereocenters. The molecule has 2 rings (SSSR count). The van der Waals surface area contributed by atoms with Crippen LogP contribution in [0.2, 0.25) is 0 Å². The number of anilines is 1. The van der Waals surface area contributed by atoms with Crippen molar-refractivity contribution in [2.24, 2.45) is 0 Å². The summed E-state index contributed by atoms with van der Waals surface area (Å²) in [6, 6.07) is 3.59. The Hall–Kier alpha value is -2.20. The van der Waals surface area contributed by atoms with Crippen molar-refractivity contribution in [2.45, 2.75) is 25.3 Å². The molecule has 1 aliphatic heterocycles. The van der Waals surface area contributed by atoms with Crippen LogP contribution in [-0.4, -0.2) is 36.1 Å². The van der Waals surface area contributed by atoms with E-state index in [1.54, 1.807) is 0 Å². The summed E-state index contributed by atoms with van der Waals surface area (Å²) in [7, 11) is 1.89. The minimum Gasteiger partial charge on any atom is -0.356 e.